The standard InChI is InChI=1S/C17H11Cl2NO3/c18-14-15(19)17(22)20(16(14)21)12-6-8-13(9-7-12)23-10-11-4-2-1-3-5-11/h1-9H,10H2. The Labute approximate surface area is 142 Å². The van der Waals surface area contributed by atoms with Gasteiger partial charge in [-0.25, -0.2) is 4.90 Å². The van der Waals surface area contributed by atoms with Crippen molar-refractivity contribution in [1.29, 1.82) is 0 Å². The zero-order chi connectivity index (χ0) is 16.4. The Kier molecular flexibility index (Phi) is 4.37. The molecule has 23 heavy (non-hydrogen) atoms. The summed E-state index contributed by atoms with van der Waals surface area (Å²) in [4.78, 5) is 24.8. The summed E-state index contributed by atoms with van der Waals surface area (Å²) in [5.41, 5.74) is 1.44. The molecule has 0 N–H and O–H groups in total. The largest absolute Gasteiger partial charge is 0.489 e. The highest BCUT2D eigenvalue weighted by atomic mass is 35.5. The summed E-state index contributed by atoms with van der Waals surface area (Å²) in [6.07, 6.45) is 0. The van der Waals surface area contributed by atoms with Gasteiger partial charge < -0.3 is 4.74 Å². The van der Waals surface area contributed by atoms with Crippen LogP contribution in [-0.2, 0) is 16.2 Å². The van der Waals surface area contributed by atoms with E-state index in [2.05, 4.69) is 0 Å². The second-order valence-corrected chi connectivity index (χ2v) is 5.60. The molecular weight excluding hydrogens is 337 g/mol. The van der Waals surface area contributed by atoms with Crippen LogP contribution in [0.2, 0.25) is 0 Å². The van der Waals surface area contributed by atoms with Crippen molar-refractivity contribution in [2.75, 3.05) is 4.90 Å². The van der Waals surface area contributed by atoms with Gasteiger partial charge in [0.2, 0.25) is 0 Å². The van der Waals surface area contributed by atoms with Crippen LogP contribution in [0.25, 0.3) is 0 Å². The quantitative estimate of drug-likeness (QED) is 0.789. The number of benzene rings is 2. The highest BCUT2D eigenvalue weighted by Gasteiger charge is 2.37. The minimum Gasteiger partial charge on any atom is -0.489 e. The Hall–Kier alpha value is -2.30. The van der Waals surface area contributed by atoms with Crippen molar-refractivity contribution in [2.45, 2.75) is 6.61 Å². The molecule has 0 aromatic heterocycles. The van der Waals surface area contributed by atoms with Crippen LogP contribution in [0.5, 0.6) is 5.75 Å². The van der Waals surface area contributed by atoms with Crippen molar-refractivity contribution in [3.05, 3.63) is 70.2 Å². The fourth-order valence-corrected chi connectivity index (χ4v) is 2.47. The molecule has 116 valence electrons. The molecule has 3 rings (SSSR count). The maximum absolute atomic E-state index is 11.9. The molecule has 0 bridgehead atoms. The third kappa shape index (κ3) is 3.09. The number of halogens is 2. The van der Waals surface area contributed by atoms with Gasteiger partial charge in [0.1, 0.15) is 22.4 Å². The number of rotatable bonds is 4. The Bertz CT molecular complexity index is 761. The van der Waals surface area contributed by atoms with Crippen LogP contribution in [-0.4, -0.2) is 11.8 Å². The monoisotopic (exact) mass is 347 g/mol. The maximum atomic E-state index is 11.9. The van der Waals surface area contributed by atoms with Gasteiger partial charge >= 0.3 is 0 Å². The summed E-state index contributed by atoms with van der Waals surface area (Å²) in [6, 6.07) is 16.3. The van der Waals surface area contributed by atoms with E-state index in [-0.39, 0.29) is 10.1 Å². The average Bonchev–Trinajstić information content (AvgIpc) is 2.78. The number of carbonyl (C=O) groups is 2. The van der Waals surface area contributed by atoms with Crippen molar-refractivity contribution in [1.82, 2.24) is 0 Å². The molecule has 0 saturated carbocycles. The first-order chi connectivity index (χ1) is 11.1. The molecule has 6 heteroatoms. The second-order valence-electron chi connectivity index (χ2n) is 4.84. The van der Waals surface area contributed by atoms with E-state index in [1.165, 1.54) is 0 Å². The van der Waals surface area contributed by atoms with Crippen LogP contribution in [0.3, 0.4) is 0 Å². The number of ether oxygens (including phenoxy) is 1. The Morgan fingerprint density at radius 2 is 1.39 bits per heavy atom. The number of carbonyl (C=O) groups excluding carboxylic acids is 2. The summed E-state index contributed by atoms with van der Waals surface area (Å²) in [5, 5.41) is -0.526. The van der Waals surface area contributed by atoms with Crippen molar-refractivity contribution in [3.63, 3.8) is 0 Å². The fourth-order valence-electron chi connectivity index (χ4n) is 2.14. The molecule has 4 nitrogen and oxygen atoms in total. The molecule has 2 aromatic carbocycles. The van der Waals surface area contributed by atoms with E-state index in [4.69, 9.17) is 27.9 Å². The van der Waals surface area contributed by atoms with Gasteiger partial charge in [-0.3, -0.25) is 9.59 Å². The molecule has 0 radical (unpaired) electrons. The van der Waals surface area contributed by atoms with E-state index in [9.17, 15) is 9.59 Å². The molecule has 1 aliphatic heterocycles. The summed E-state index contributed by atoms with van der Waals surface area (Å²) in [6.45, 7) is 0.432. The van der Waals surface area contributed by atoms with E-state index < -0.39 is 11.8 Å². The zero-order valence-corrected chi connectivity index (χ0v) is 13.3. The number of hydrogen-bond donors (Lipinski definition) is 0. The van der Waals surface area contributed by atoms with E-state index in [0.717, 1.165) is 10.5 Å². The average molecular weight is 348 g/mol. The highest BCUT2D eigenvalue weighted by molar-refractivity contribution is 6.62. The number of hydrogen-bond acceptors (Lipinski definition) is 3. The molecule has 1 heterocycles. The van der Waals surface area contributed by atoms with Gasteiger partial charge in [-0.2, -0.15) is 0 Å². The Balaban J connectivity index is 1.71. The van der Waals surface area contributed by atoms with Crippen LogP contribution in [0.1, 0.15) is 5.56 Å². The number of anilines is 1. The van der Waals surface area contributed by atoms with Crippen LogP contribution >= 0.6 is 23.2 Å². The molecular formula is C17H11Cl2NO3. The van der Waals surface area contributed by atoms with Gasteiger partial charge in [-0.05, 0) is 29.8 Å². The lowest BCUT2D eigenvalue weighted by Crippen LogP contribution is -2.30. The predicted octanol–water partition coefficient (Wildman–Crippen LogP) is 3.83. The number of amides is 2. The van der Waals surface area contributed by atoms with Crippen molar-refractivity contribution < 1.29 is 14.3 Å². The first kappa shape index (κ1) is 15.6. The summed E-state index contributed by atoms with van der Waals surface area (Å²) in [7, 11) is 0. The molecule has 0 aliphatic carbocycles. The Morgan fingerprint density at radius 1 is 0.826 bits per heavy atom. The molecule has 2 aromatic rings. The van der Waals surface area contributed by atoms with Gasteiger partial charge in [0.25, 0.3) is 11.8 Å². The van der Waals surface area contributed by atoms with E-state index in [0.29, 0.717) is 18.0 Å². The number of nitrogens with zero attached hydrogens (tertiary/aromatic N) is 1. The Morgan fingerprint density at radius 3 is 1.96 bits per heavy atom. The van der Waals surface area contributed by atoms with Gasteiger partial charge in [0.05, 0.1) is 5.69 Å². The van der Waals surface area contributed by atoms with E-state index in [1.807, 2.05) is 30.3 Å². The molecule has 1 aliphatic rings. The SMILES string of the molecule is O=C1C(Cl)=C(Cl)C(=O)N1c1ccc(OCc2ccccc2)cc1. The first-order valence-electron chi connectivity index (χ1n) is 6.79. The maximum Gasteiger partial charge on any atom is 0.278 e. The third-order valence-corrected chi connectivity index (χ3v) is 4.12. The van der Waals surface area contributed by atoms with Crippen LogP contribution < -0.4 is 9.64 Å². The lowest BCUT2D eigenvalue weighted by atomic mass is 10.2. The van der Waals surface area contributed by atoms with Crippen molar-refractivity contribution in [2.24, 2.45) is 0 Å². The smallest absolute Gasteiger partial charge is 0.278 e. The lowest BCUT2D eigenvalue weighted by Gasteiger charge is -2.14. The lowest BCUT2D eigenvalue weighted by molar-refractivity contribution is -0.120. The minimum absolute atomic E-state index is 0.263. The minimum atomic E-state index is -0.625. The third-order valence-electron chi connectivity index (χ3n) is 3.32. The van der Waals surface area contributed by atoms with E-state index in [1.54, 1.807) is 24.3 Å². The van der Waals surface area contributed by atoms with Gasteiger partial charge in [0.15, 0.2) is 0 Å². The van der Waals surface area contributed by atoms with Gasteiger partial charge in [0, 0.05) is 0 Å². The number of imide groups is 1. The molecule has 0 spiro atoms. The van der Waals surface area contributed by atoms with Crippen molar-refractivity contribution in [3.8, 4) is 5.75 Å². The first-order valence-corrected chi connectivity index (χ1v) is 7.54. The van der Waals surface area contributed by atoms with Gasteiger partial charge in [-0.1, -0.05) is 53.5 Å². The predicted molar refractivity (Wildman–Crippen MR) is 88.4 cm³/mol. The molecule has 0 atom stereocenters. The van der Waals surface area contributed by atoms with E-state index >= 15 is 0 Å². The normalized spacial score (nSPS) is 14.6. The zero-order valence-electron chi connectivity index (χ0n) is 11.8. The van der Waals surface area contributed by atoms with Gasteiger partial charge in [-0.15, -0.1) is 0 Å². The van der Waals surface area contributed by atoms with Crippen molar-refractivity contribution >= 4 is 40.7 Å². The highest BCUT2D eigenvalue weighted by Crippen LogP contribution is 2.31. The van der Waals surface area contributed by atoms with Crippen LogP contribution in [0.15, 0.2) is 64.7 Å². The topological polar surface area (TPSA) is 46.6 Å². The molecule has 0 unspecified atom stereocenters. The second kappa shape index (κ2) is 6.44. The summed E-state index contributed by atoms with van der Waals surface area (Å²) in [5.74, 6) is -0.624. The molecule has 2 amide bonds. The summed E-state index contributed by atoms with van der Waals surface area (Å²) >= 11 is 11.4. The fraction of sp³-hybridized carbons (Fsp3) is 0.0588. The molecule has 0 fully saturated rings. The van der Waals surface area contributed by atoms with Crippen LogP contribution in [0.4, 0.5) is 5.69 Å². The summed E-state index contributed by atoms with van der Waals surface area (Å²) < 4.78 is 5.65. The van der Waals surface area contributed by atoms with Crippen LogP contribution in [0, 0.1) is 0 Å². The molecule has 0 saturated heterocycles.